The lowest BCUT2D eigenvalue weighted by molar-refractivity contribution is -0.139. The molecule has 0 spiro atoms. The van der Waals surface area contributed by atoms with Gasteiger partial charge < -0.3 is 16.2 Å². The maximum atomic E-state index is 10.8. The third-order valence-corrected chi connectivity index (χ3v) is 2.31. The van der Waals surface area contributed by atoms with Gasteiger partial charge in [0.25, 0.3) is 0 Å². The van der Waals surface area contributed by atoms with Gasteiger partial charge in [-0.3, -0.25) is 5.41 Å². The first-order valence-corrected chi connectivity index (χ1v) is 4.93. The molecule has 0 unspecified atom stereocenters. The van der Waals surface area contributed by atoms with Gasteiger partial charge in [0.05, 0.1) is 5.84 Å². The van der Waals surface area contributed by atoms with Crippen LogP contribution in [0.1, 0.15) is 25.7 Å². The standard InChI is InChI=1S/C9H17N3O2/c10-5-1-2-7(9(13)14)12-8(11)6-3-4-6/h6-7H,1-5,10H2,(H2,11,12)(H,13,14)/t7-/m0/s1. The van der Waals surface area contributed by atoms with Crippen LogP contribution < -0.4 is 11.1 Å². The zero-order valence-electron chi connectivity index (χ0n) is 8.12. The molecule has 0 aromatic heterocycles. The largest absolute Gasteiger partial charge is 0.480 e. The molecule has 5 N–H and O–H groups in total. The molecule has 0 heterocycles. The van der Waals surface area contributed by atoms with Gasteiger partial charge in [-0.05, 0) is 32.2 Å². The van der Waals surface area contributed by atoms with E-state index in [0.717, 1.165) is 12.8 Å². The van der Waals surface area contributed by atoms with E-state index in [2.05, 4.69) is 5.32 Å². The van der Waals surface area contributed by atoms with E-state index in [1.807, 2.05) is 0 Å². The summed E-state index contributed by atoms with van der Waals surface area (Å²) in [7, 11) is 0. The maximum Gasteiger partial charge on any atom is 0.326 e. The van der Waals surface area contributed by atoms with Crippen molar-refractivity contribution in [2.24, 2.45) is 11.7 Å². The van der Waals surface area contributed by atoms with Crippen LogP contribution in [0.3, 0.4) is 0 Å². The van der Waals surface area contributed by atoms with Crippen LogP contribution in [0.25, 0.3) is 0 Å². The summed E-state index contributed by atoms with van der Waals surface area (Å²) in [5.74, 6) is -0.256. The predicted molar refractivity (Wildman–Crippen MR) is 53.3 cm³/mol. The maximum absolute atomic E-state index is 10.8. The molecule has 0 aromatic rings. The number of carboxylic acid groups (broad SMARTS) is 1. The minimum atomic E-state index is -0.899. The fourth-order valence-electron chi connectivity index (χ4n) is 1.26. The van der Waals surface area contributed by atoms with Gasteiger partial charge in [0.2, 0.25) is 0 Å². The van der Waals surface area contributed by atoms with E-state index in [4.69, 9.17) is 16.2 Å². The van der Waals surface area contributed by atoms with E-state index in [-0.39, 0.29) is 5.92 Å². The topological polar surface area (TPSA) is 99.2 Å². The molecule has 0 aliphatic heterocycles. The number of amidine groups is 1. The molecule has 0 radical (unpaired) electrons. The van der Waals surface area contributed by atoms with E-state index in [1.54, 1.807) is 0 Å². The van der Waals surface area contributed by atoms with Gasteiger partial charge in [-0.25, -0.2) is 4.79 Å². The van der Waals surface area contributed by atoms with Crippen molar-refractivity contribution in [3.63, 3.8) is 0 Å². The molecular formula is C9H17N3O2. The molecule has 5 nitrogen and oxygen atoms in total. The fraction of sp³-hybridized carbons (Fsp3) is 0.778. The minimum absolute atomic E-state index is 0.273. The second kappa shape index (κ2) is 4.95. The zero-order valence-corrected chi connectivity index (χ0v) is 8.12. The van der Waals surface area contributed by atoms with Crippen molar-refractivity contribution < 1.29 is 9.90 Å². The first-order valence-electron chi connectivity index (χ1n) is 4.93. The Balaban J connectivity index is 2.33. The van der Waals surface area contributed by atoms with Gasteiger partial charge in [-0.1, -0.05) is 0 Å². The van der Waals surface area contributed by atoms with Gasteiger partial charge in [0.15, 0.2) is 0 Å². The quantitative estimate of drug-likeness (QED) is 0.361. The van der Waals surface area contributed by atoms with Crippen LogP contribution in [-0.2, 0) is 4.79 Å². The predicted octanol–water partition coefficient (Wildman–Crippen LogP) is 0.155. The monoisotopic (exact) mass is 199 g/mol. The fourth-order valence-corrected chi connectivity index (χ4v) is 1.26. The highest BCUT2D eigenvalue weighted by atomic mass is 16.4. The number of rotatable bonds is 6. The average Bonchev–Trinajstić information content (AvgIpc) is 2.94. The number of nitrogens with one attached hydrogen (secondary N) is 2. The van der Waals surface area contributed by atoms with Crippen molar-refractivity contribution in [3.05, 3.63) is 0 Å². The van der Waals surface area contributed by atoms with Gasteiger partial charge in [-0.2, -0.15) is 0 Å². The zero-order chi connectivity index (χ0) is 10.6. The highest BCUT2D eigenvalue weighted by Gasteiger charge is 2.29. The highest BCUT2D eigenvalue weighted by molar-refractivity contribution is 5.88. The summed E-state index contributed by atoms with van der Waals surface area (Å²) in [4.78, 5) is 10.8. The Morgan fingerprint density at radius 1 is 1.64 bits per heavy atom. The highest BCUT2D eigenvalue weighted by Crippen LogP contribution is 2.29. The van der Waals surface area contributed by atoms with Crippen LogP contribution >= 0.6 is 0 Å². The average molecular weight is 199 g/mol. The number of hydrogen-bond acceptors (Lipinski definition) is 3. The summed E-state index contributed by atoms with van der Waals surface area (Å²) < 4.78 is 0. The molecule has 14 heavy (non-hydrogen) atoms. The summed E-state index contributed by atoms with van der Waals surface area (Å²) in [5.41, 5.74) is 5.31. The second-order valence-corrected chi connectivity index (χ2v) is 3.65. The Kier molecular flexibility index (Phi) is 3.88. The summed E-state index contributed by atoms with van der Waals surface area (Å²) in [5, 5.41) is 19.2. The Hall–Kier alpha value is -1.10. The third kappa shape index (κ3) is 3.33. The number of carbonyl (C=O) groups is 1. The summed E-state index contributed by atoms with van der Waals surface area (Å²) in [6, 6.07) is -0.647. The van der Waals surface area contributed by atoms with Crippen molar-refractivity contribution in [2.75, 3.05) is 6.54 Å². The SMILES string of the molecule is N=C(N[C@@H](CCCN)C(=O)O)C1CC1. The molecule has 0 saturated heterocycles. The summed E-state index contributed by atoms with van der Waals surface area (Å²) >= 11 is 0. The van der Waals surface area contributed by atoms with Crippen molar-refractivity contribution in [1.29, 1.82) is 5.41 Å². The Morgan fingerprint density at radius 3 is 2.71 bits per heavy atom. The summed E-state index contributed by atoms with van der Waals surface area (Å²) in [6.45, 7) is 0.488. The Bertz CT molecular complexity index is 226. The first kappa shape index (κ1) is 11.0. The molecule has 1 aliphatic carbocycles. The summed E-state index contributed by atoms with van der Waals surface area (Å²) in [6.07, 6.45) is 3.17. The van der Waals surface area contributed by atoms with Gasteiger partial charge in [0.1, 0.15) is 6.04 Å². The second-order valence-electron chi connectivity index (χ2n) is 3.65. The van der Waals surface area contributed by atoms with Crippen LogP contribution in [0, 0.1) is 11.3 Å². The van der Waals surface area contributed by atoms with E-state index >= 15 is 0 Å². The van der Waals surface area contributed by atoms with E-state index in [1.165, 1.54) is 0 Å². The Labute approximate surface area is 83.2 Å². The first-order chi connectivity index (χ1) is 6.65. The molecule has 1 saturated carbocycles. The molecule has 1 atom stereocenters. The number of aliphatic carboxylic acids is 1. The van der Waals surface area contributed by atoms with E-state index in [0.29, 0.717) is 25.2 Å². The smallest absolute Gasteiger partial charge is 0.326 e. The van der Waals surface area contributed by atoms with Crippen molar-refractivity contribution >= 4 is 11.8 Å². The normalized spacial score (nSPS) is 17.5. The van der Waals surface area contributed by atoms with Crippen LogP contribution in [0.2, 0.25) is 0 Å². The lowest BCUT2D eigenvalue weighted by atomic mass is 10.1. The lowest BCUT2D eigenvalue weighted by Gasteiger charge is -2.15. The van der Waals surface area contributed by atoms with Crippen LogP contribution in [0.4, 0.5) is 0 Å². The van der Waals surface area contributed by atoms with Crippen LogP contribution in [0.15, 0.2) is 0 Å². The third-order valence-electron chi connectivity index (χ3n) is 2.31. The van der Waals surface area contributed by atoms with Crippen molar-refractivity contribution in [2.45, 2.75) is 31.7 Å². The van der Waals surface area contributed by atoms with Crippen LogP contribution in [0.5, 0.6) is 0 Å². The molecule has 80 valence electrons. The van der Waals surface area contributed by atoms with E-state index < -0.39 is 12.0 Å². The van der Waals surface area contributed by atoms with Crippen molar-refractivity contribution in [1.82, 2.24) is 5.32 Å². The molecule has 0 aromatic carbocycles. The molecule has 0 bridgehead atoms. The van der Waals surface area contributed by atoms with Gasteiger partial charge in [-0.15, -0.1) is 0 Å². The molecule has 1 rings (SSSR count). The van der Waals surface area contributed by atoms with Gasteiger partial charge in [0, 0.05) is 5.92 Å². The number of carboxylic acids is 1. The van der Waals surface area contributed by atoms with Crippen LogP contribution in [-0.4, -0.2) is 29.5 Å². The molecule has 5 heteroatoms. The number of hydrogen-bond donors (Lipinski definition) is 4. The molecule has 0 amide bonds. The molecular weight excluding hydrogens is 182 g/mol. The van der Waals surface area contributed by atoms with E-state index in [9.17, 15) is 4.79 Å². The molecule has 1 aliphatic rings. The van der Waals surface area contributed by atoms with Gasteiger partial charge >= 0.3 is 5.97 Å². The molecule has 1 fully saturated rings. The lowest BCUT2D eigenvalue weighted by Crippen LogP contribution is -2.41. The number of nitrogens with two attached hydrogens (primary N) is 1. The Morgan fingerprint density at radius 2 is 2.29 bits per heavy atom. The van der Waals surface area contributed by atoms with Crippen molar-refractivity contribution in [3.8, 4) is 0 Å². The minimum Gasteiger partial charge on any atom is -0.480 e.